The molecule has 0 unspecified atom stereocenters. The lowest BCUT2D eigenvalue weighted by atomic mass is 10.1. The van der Waals surface area contributed by atoms with Crippen LogP contribution < -0.4 is 5.32 Å². The van der Waals surface area contributed by atoms with E-state index in [1.54, 1.807) is 48.0 Å². The highest BCUT2D eigenvalue weighted by Crippen LogP contribution is 2.27. The lowest BCUT2D eigenvalue weighted by molar-refractivity contribution is 0.0519. The number of esters is 1. The molecular weight excluding hydrogens is 428 g/mol. The second-order valence-electron chi connectivity index (χ2n) is 7.61. The summed E-state index contributed by atoms with van der Waals surface area (Å²) in [5, 5.41) is 16.3. The molecule has 1 heterocycles. The second kappa shape index (κ2) is 9.84. The van der Waals surface area contributed by atoms with Crippen molar-refractivity contribution in [2.75, 3.05) is 11.9 Å². The van der Waals surface area contributed by atoms with Crippen LogP contribution in [-0.4, -0.2) is 28.3 Å². The summed E-state index contributed by atoms with van der Waals surface area (Å²) < 4.78 is 6.84. The summed E-state index contributed by atoms with van der Waals surface area (Å²) in [6.07, 6.45) is 0. The highest BCUT2D eigenvalue weighted by Gasteiger charge is 2.18. The molecule has 1 aromatic heterocycles. The van der Waals surface area contributed by atoms with E-state index < -0.39 is 5.97 Å². The zero-order chi connectivity index (χ0) is 24.1. The summed E-state index contributed by atoms with van der Waals surface area (Å²) in [5.41, 5.74) is 5.02. The van der Waals surface area contributed by atoms with Crippen molar-refractivity contribution in [3.05, 3.63) is 101 Å². The van der Waals surface area contributed by atoms with Crippen LogP contribution in [-0.2, 0) is 4.74 Å². The topological polar surface area (TPSA) is 97.0 Å². The fourth-order valence-corrected chi connectivity index (χ4v) is 3.50. The molecule has 0 aliphatic heterocycles. The Labute approximate surface area is 197 Å². The van der Waals surface area contributed by atoms with E-state index >= 15 is 0 Å². The summed E-state index contributed by atoms with van der Waals surface area (Å²) in [6.45, 7) is 3.98. The van der Waals surface area contributed by atoms with Crippen LogP contribution in [0.1, 0.15) is 38.9 Å². The summed E-state index contributed by atoms with van der Waals surface area (Å²) in [7, 11) is 0. The summed E-state index contributed by atoms with van der Waals surface area (Å²) in [6, 6.07) is 25.2. The van der Waals surface area contributed by atoms with E-state index in [2.05, 4.69) is 10.4 Å². The minimum atomic E-state index is -0.500. The summed E-state index contributed by atoms with van der Waals surface area (Å²) >= 11 is 0. The standard InChI is InChI=1S/C27H22N4O3/c1-3-34-27(33)24-16-25(31(30-24)23-9-4-6-18(2)14-23)21-7-5-8-22(15-21)29-26(32)20-12-10-19(17-28)11-13-20/h4-16H,3H2,1-2H3,(H,29,32). The van der Waals surface area contributed by atoms with E-state index in [-0.39, 0.29) is 18.2 Å². The van der Waals surface area contributed by atoms with Crippen LogP contribution in [0.3, 0.4) is 0 Å². The number of benzene rings is 3. The molecule has 1 amide bonds. The van der Waals surface area contributed by atoms with Crippen LogP contribution in [0.15, 0.2) is 78.9 Å². The lowest BCUT2D eigenvalue weighted by Gasteiger charge is -2.11. The molecule has 1 N–H and O–H groups in total. The first-order valence-corrected chi connectivity index (χ1v) is 10.7. The number of nitrogens with one attached hydrogen (secondary N) is 1. The van der Waals surface area contributed by atoms with Crippen molar-refractivity contribution in [2.45, 2.75) is 13.8 Å². The monoisotopic (exact) mass is 450 g/mol. The quantitative estimate of drug-likeness (QED) is 0.410. The fraction of sp³-hybridized carbons (Fsp3) is 0.111. The van der Waals surface area contributed by atoms with Gasteiger partial charge in [0.15, 0.2) is 5.69 Å². The number of anilines is 1. The van der Waals surface area contributed by atoms with E-state index in [9.17, 15) is 9.59 Å². The first-order chi connectivity index (χ1) is 16.5. The molecular formula is C27H22N4O3. The van der Waals surface area contributed by atoms with Gasteiger partial charge in [-0.1, -0.05) is 24.3 Å². The van der Waals surface area contributed by atoms with Gasteiger partial charge in [-0.25, -0.2) is 9.48 Å². The number of aryl methyl sites for hydroxylation is 1. The van der Waals surface area contributed by atoms with Crippen LogP contribution in [0, 0.1) is 18.3 Å². The number of nitriles is 1. The van der Waals surface area contributed by atoms with Crippen molar-refractivity contribution in [1.82, 2.24) is 9.78 Å². The number of carbonyl (C=O) groups is 2. The molecule has 168 valence electrons. The smallest absolute Gasteiger partial charge is 0.358 e. The van der Waals surface area contributed by atoms with Crippen molar-refractivity contribution >= 4 is 17.6 Å². The van der Waals surface area contributed by atoms with E-state index in [1.165, 1.54) is 0 Å². The van der Waals surface area contributed by atoms with Gasteiger partial charge in [0.1, 0.15) is 0 Å². The number of hydrogen-bond acceptors (Lipinski definition) is 5. The SMILES string of the molecule is CCOC(=O)c1cc(-c2cccc(NC(=O)c3ccc(C#N)cc3)c2)n(-c2cccc(C)c2)n1. The lowest BCUT2D eigenvalue weighted by Crippen LogP contribution is -2.11. The zero-order valence-corrected chi connectivity index (χ0v) is 18.8. The van der Waals surface area contributed by atoms with Crippen molar-refractivity contribution in [3.8, 4) is 23.0 Å². The molecule has 3 aromatic carbocycles. The van der Waals surface area contributed by atoms with Gasteiger partial charge in [0, 0.05) is 16.8 Å². The number of amides is 1. The summed E-state index contributed by atoms with van der Waals surface area (Å²) in [5.74, 6) is -0.790. The molecule has 7 heteroatoms. The van der Waals surface area contributed by atoms with Gasteiger partial charge in [0.2, 0.25) is 0 Å². The Hall–Kier alpha value is -4.70. The third-order valence-electron chi connectivity index (χ3n) is 5.13. The molecule has 7 nitrogen and oxygen atoms in total. The highest BCUT2D eigenvalue weighted by molar-refractivity contribution is 6.04. The molecule has 0 radical (unpaired) electrons. The molecule has 0 aliphatic rings. The Morgan fingerprint density at radius 2 is 1.79 bits per heavy atom. The van der Waals surface area contributed by atoms with E-state index in [0.29, 0.717) is 22.5 Å². The fourth-order valence-electron chi connectivity index (χ4n) is 3.50. The minimum absolute atomic E-state index is 0.199. The van der Waals surface area contributed by atoms with Gasteiger partial charge in [-0.3, -0.25) is 4.79 Å². The van der Waals surface area contributed by atoms with Gasteiger partial charge >= 0.3 is 5.97 Å². The number of rotatable bonds is 6. The molecule has 4 aromatic rings. The third-order valence-corrected chi connectivity index (χ3v) is 5.13. The zero-order valence-electron chi connectivity index (χ0n) is 18.8. The average molecular weight is 450 g/mol. The first-order valence-electron chi connectivity index (χ1n) is 10.7. The van der Waals surface area contributed by atoms with E-state index in [0.717, 1.165) is 16.8 Å². The van der Waals surface area contributed by atoms with Gasteiger partial charge in [0.05, 0.1) is 29.6 Å². The Kier molecular flexibility index (Phi) is 6.51. The van der Waals surface area contributed by atoms with Crippen LogP contribution >= 0.6 is 0 Å². The maximum atomic E-state index is 12.7. The maximum Gasteiger partial charge on any atom is 0.358 e. The van der Waals surface area contributed by atoms with Gasteiger partial charge in [0.25, 0.3) is 5.91 Å². The molecule has 0 aliphatic carbocycles. The van der Waals surface area contributed by atoms with Crippen LogP contribution in [0.4, 0.5) is 5.69 Å². The molecule has 0 saturated heterocycles. The second-order valence-corrected chi connectivity index (χ2v) is 7.61. The van der Waals surface area contributed by atoms with Gasteiger partial charge in [-0.2, -0.15) is 10.4 Å². The van der Waals surface area contributed by atoms with Crippen molar-refractivity contribution in [3.63, 3.8) is 0 Å². The highest BCUT2D eigenvalue weighted by atomic mass is 16.5. The third kappa shape index (κ3) is 4.87. The number of carbonyl (C=O) groups excluding carboxylic acids is 2. The van der Waals surface area contributed by atoms with Gasteiger partial charge in [-0.05, 0) is 74.0 Å². The number of hydrogen-bond donors (Lipinski definition) is 1. The van der Waals surface area contributed by atoms with Gasteiger partial charge < -0.3 is 10.1 Å². The van der Waals surface area contributed by atoms with Crippen molar-refractivity contribution in [1.29, 1.82) is 5.26 Å². The number of aromatic nitrogens is 2. The van der Waals surface area contributed by atoms with E-state index in [1.807, 2.05) is 55.5 Å². The minimum Gasteiger partial charge on any atom is -0.461 e. The van der Waals surface area contributed by atoms with Gasteiger partial charge in [-0.15, -0.1) is 0 Å². The maximum absolute atomic E-state index is 12.7. The van der Waals surface area contributed by atoms with Crippen LogP contribution in [0.5, 0.6) is 0 Å². The van der Waals surface area contributed by atoms with Crippen LogP contribution in [0.2, 0.25) is 0 Å². The largest absolute Gasteiger partial charge is 0.461 e. The Bertz CT molecular complexity index is 1400. The predicted molar refractivity (Wildman–Crippen MR) is 129 cm³/mol. The predicted octanol–water partition coefficient (Wildman–Crippen LogP) is 5.15. The number of ether oxygens (including phenoxy) is 1. The van der Waals surface area contributed by atoms with Crippen molar-refractivity contribution < 1.29 is 14.3 Å². The Morgan fingerprint density at radius 1 is 1.03 bits per heavy atom. The molecule has 34 heavy (non-hydrogen) atoms. The Balaban J connectivity index is 1.69. The molecule has 0 spiro atoms. The molecule has 0 saturated carbocycles. The number of nitrogens with zero attached hydrogens (tertiary/aromatic N) is 3. The Morgan fingerprint density at radius 3 is 2.50 bits per heavy atom. The normalized spacial score (nSPS) is 10.4. The molecule has 0 fully saturated rings. The molecule has 0 atom stereocenters. The molecule has 4 rings (SSSR count). The van der Waals surface area contributed by atoms with Crippen molar-refractivity contribution in [2.24, 2.45) is 0 Å². The first kappa shape index (κ1) is 22.5. The average Bonchev–Trinajstić information content (AvgIpc) is 3.30. The van der Waals surface area contributed by atoms with E-state index in [4.69, 9.17) is 10.00 Å². The van der Waals surface area contributed by atoms with Crippen LogP contribution in [0.25, 0.3) is 16.9 Å². The molecule has 0 bridgehead atoms. The summed E-state index contributed by atoms with van der Waals surface area (Å²) in [4.78, 5) is 25.1.